The average Bonchev–Trinajstić information content (AvgIpc) is 3.40. The van der Waals surface area contributed by atoms with Crippen LogP contribution in [-0.2, 0) is 70.8 Å². The topological polar surface area (TPSA) is 589 Å². The van der Waals surface area contributed by atoms with Crippen molar-refractivity contribution in [3.63, 3.8) is 0 Å². The minimum atomic E-state index is -5.76. The predicted octanol–water partition coefficient (Wildman–Crippen LogP) is 7.28. The van der Waals surface area contributed by atoms with Crippen LogP contribution in [0.15, 0.2) is 166 Å². The molecule has 7 rings (SSSR count). The molecule has 0 spiro atoms. The second kappa shape index (κ2) is 20.7. The maximum Gasteiger partial charge on any atom is 0.297 e. The normalized spacial score (nSPS) is 13.4. The molecule has 7 aromatic carbocycles. The first kappa shape index (κ1) is 59.3. The van der Waals surface area contributed by atoms with E-state index in [9.17, 15) is 107 Å². The second-order valence-corrected chi connectivity index (χ2v) is 25.3. The Kier molecular flexibility index (Phi) is 15.3. The van der Waals surface area contributed by atoms with Gasteiger partial charge in [0.05, 0.1) is 32.3 Å². The van der Waals surface area contributed by atoms with Crippen molar-refractivity contribution >= 4 is 149 Å². The summed E-state index contributed by atoms with van der Waals surface area (Å²) in [5, 5.41) is 58.8. The summed E-state index contributed by atoms with van der Waals surface area (Å²) in [6.45, 7) is 0. The minimum Gasteiger partial charge on any atom is -0.505 e. The zero-order chi connectivity index (χ0) is 59.6. The van der Waals surface area contributed by atoms with Gasteiger partial charge in [0.2, 0.25) is 0 Å². The van der Waals surface area contributed by atoms with Crippen LogP contribution in [0.1, 0.15) is 0 Å². The summed E-state index contributed by atoms with van der Waals surface area (Å²) in [6.07, 6.45) is 0. The van der Waals surface area contributed by atoms with Crippen LogP contribution in [0.25, 0.3) is 21.5 Å². The summed E-state index contributed by atoms with van der Waals surface area (Å²) in [7, 11) is -38.1. The molecule has 0 aliphatic carbocycles. The van der Waals surface area contributed by atoms with Crippen LogP contribution in [0.2, 0.25) is 0 Å². The molecule has 0 radical (unpaired) electrons. The zero-order valence-corrected chi connectivity index (χ0v) is 43.9. The van der Waals surface area contributed by atoms with Gasteiger partial charge < -0.3 is 15.9 Å². The molecule has 11 N–H and O–H groups in total. The first-order valence-electron chi connectivity index (χ1n) is 20.1. The zero-order valence-electron chi connectivity index (χ0n) is 38.2. The molecule has 0 aliphatic heterocycles. The van der Waals surface area contributed by atoms with E-state index in [1.165, 1.54) is 0 Å². The van der Waals surface area contributed by atoms with E-state index in [0.717, 1.165) is 42.5 Å². The first-order valence-corrected chi connectivity index (χ1v) is 30.2. The van der Waals surface area contributed by atoms with Gasteiger partial charge >= 0.3 is 0 Å². The Labute approximate surface area is 446 Å². The third kappa shape index (κ3) is 12.4. The third-order valence-corrected chi connectivity index (χ3v) is 16.6. The van der Waals surface area contributed by atoms with Crippen molar-refractivity contribution in [2.75, 3.05) is 5.73 Å². The van der Waals surface area contributed by atoms with Gasteiger partial charge in [0, 0.05) is 28.3 Å². The molecule has 0 aliphatic rings. The highest BCUT2D eigenvalue weighted by molar-refractivity contribution is 7.87. The summed E-state index contributed by atoms with van der Waals surface area (Å²) < 4.78 is 244. The van der Waals surface area contributed by atoms with Gasteiger partial charge in [-0.05, 0) is 78.9 Å². The fourth-order valence-corrected chi connectivity index (χ4v) is 11.6. The standard InChI is InChI=1S/C38H26N10O25S7/c39-33-26(15-27(75(56,57)58)22-14-31(79(68,69)70)35(37(50)32(22)33)47-43-24-9-4-18(48(51)52)12-29(24)77(62,63)64)45-44-25-10-7-20-21(38(25)80(71,72)73)13-30(78(65,66)67)34(36(20)49)46-42-23-8-3-17(11-28(23)76(59,60)61)41-40-16-1-5-19(6-2-16)74(53,54)55/h1-15,49-50H,39H2,(H,53,54,55)(H,56,57,58)(H,59,60,61)(H,62,63,64)(H,65,66,67)(H,68,69,70)(H,71,72,73). The number of nitrogens with two attached hydrogens (primary N) is 1. The fourth-order valence-electron chi connectivity index (χ4n) is 7.00. The summed E-state index contributed by atoms with van der Waals surface area (Å²) in [5.41, 5.74) is -2.57. The number of nitrogens with zero attached hydrogens (tertiary/aromatic N) is 9. The number of anilines is 1. The molecule has 0 heterocycles. The minimum absolute atomic E-state index is 0.0242. The van der Waals surface area contributed by atoms with E-state index in [4.69, 9.17) is 10.3 Å². The lowest BCUT2D eigenvalue weighted by Crippen LogP contribution is -2.04. The average molecular weight is 1250 g/mol. The Balaban J connectivity index is 1.38. The molecule has 0 atom stereocenters. The van der Waals surface area contributed by atoms with Crippen molar-refractivity contribution in [2.45, 2.75) is 34.3 Å². The van der Waals surface area contributed by atoms with E-state index < -0.39 is 189 Å². The van der Waals surface area contributed by atoms with Crippen LogP contribution in [0.5, 0.6) is 11.5 Å². The van der Waals surface area contributed by atoms with Crippen molar-refractivity contribution in [3.05, 3.63) is 101 Å². The monoisotopic (exact) mass is 1250 g/mol. The van der Waals surface area contributed by atoms with E-state index in [0.29, 0.717) is 36.4 Å². The molecular formula is C38H26N10O25S7. The van der Waals surface area contributed by atoms with E-state index >= 15 is 0 Å². The summed E-state index contributed by atoms with van der Waals surface area (Å²) in [6, 6.07) is 10.3. The lowest BCUT2D eigenvalue weighted by atomic mass is 10.0. The van der Waals surface area contributed by atoms with Crippen LogP contribution >= 0.6 is 0 Å². The van der Waals surface area contributed by atoms with E-state index in [2.05, 4.69) is 40.9 Å². The molecule has 0 bridgehead atoms. The molecule has 80 heavy (non-hydrogen) atoms. The molecule has 7 aromatic rings. The summed E-state index contributed by atoms with van der Waals surface area (Å²) in [5.74, 6) is -2.95. The van der Waals surface area contributed by atoms with Crippen LogP contribution in [-0.4, -0.2) is 106 Å². The van der Waals surface area contributed by atoms with Gasteiger partial charge in [-0.15, -0.1) is 30.7 Å². The molecule has 42 heteroatoms. The number of phenols is 2. The lowest BCUT2D eigenvalue weighted by molar-refractivity contribution is -0.385. The summed E-state index contributed by atoms with van der Waals surface area (Å²) >= 11 is 0. The Morgan fingerprint density at radius 3 is 1.32 bits per heavy atom. The highest BCUT2D eigenvalue weighted by Gasteiger charge is 2.31. The van der Waals surface area contributed by atoms with Crippen LogP contribution in [0.4, 0.5) is 56.9 Å². The van der Waals surface area contributed by atoms with E-state index in [1.807, 2.05) is 0 Å². The number of azo groups is 4. The SMILES string of the molecule is Nc1c(N=Nc2ccc3c(O)c(N=Nc4ccc(N=Nc5ccc(S(=O)(=O)O)cc5)cc4S(=O)(=O)O)c(S(=O)(=O)O)cc3c2S(=O)(=O)O)cc(S(=O)(=O)O)c2cc(S(=O)(=O)O)c(N=Nc3ccc([N+](=O)[O-])cc3S(=O)(=O)O)c(O)c12. The molecule has 0 unspecified atom stereocenters. The number of benzene rings is 7. The van der Waals surface area contributed by atoms with E-state index in [1.54, 1.807) is 0 Å². The van der Waals surface area contributed by atoms with Gasteiger partial charge in [-0.1, -0.05) is 0 Å². The molecule has 420 valence electrons. The molecule has 0 aromatic heterocycles. The lowest BCUT2D eigenvalue weighted by Gasteiger charge is -2.15. The van der Waals surface area contributed by atoms with Gasteiger partial charge in [-0.2, -0.15) is 69.2 Å². The number of phenolic OH excluding ortho intramolecular Hbond substituents is 2. The molecule has 0 saturated carbocycles. The van der Waals surface area contributed by atoms with Gasteiger partial charge in [-0.3, -0.25) is 42.0 Å². The molecule has 0 fully saturated rings. The fraction of sp³-hybridized carbons (Fsp3) is 0. The maximum atomic E-state index is 13.0. The Hall–Kier alpha value is -8.37. The smallest absolute Gasteiger partial charge is 0.297 e. The molecule has 0 amide bonds. The number of rotatable bonds is 16. The number of hydrogen-bond donors (Lipinski definition) is 10. The molecular weight excluding hydrogens is 1220 g/mol. The van der Waals surface area contributed by atoms with Crippen LogP contribution < -0.4 is 5.73 Å². The van der Waals surface area contributed by atoms with Gasteiger partial charge in [0.15, 0.2) is 11.5 Å². The Bertz CT molecular complexity index is 4850. The van der Waals surface area contributed by atoms with Gasteiger partial charge in [-0.25, -0.2) is 0 Å². The molecule has 0 saturated heterocycles. The van der Waals surface area contributed by atoms with Crippen LogP contribution in [0, 0.1) is 10.1 Å². The largest absolute Gasteiger partial charge is 0.505 e. The number of aromatic hydroxyl groups is 2. The number of fused-ring (bicyclic) bond motifs is 2. The quantitative estimate of drug-likeness (QED) is 0.0149. The summed E-state index contributed by atoms with van der Waals surface area (Å²) in [4.78, 5) is 1.35. The number of hydrogen-bond acceptors (Lipinski definition) is 27. The van der Waals surface area contributed by atoms with Crippen molar-refractivity contribution in [2.24, 2.45) is 40.9 Å². The second-order valence-electron chi connectivity index (χ2n) is 15.6. The third-order valence-electron chi connectivity index (χ3n) is 10.4. The van der Waals surface area contributed by atoms with Gasteiger partial charge in [0.25, 0.3) is 76.5 Å². The van der Waals surface area contributed by atoms with Crippen molar-refractivity contribution in [1.29, 1.82) is 0 Å². The highest BCUT2D eigenvalue weighted by Crippen LogP contribution is 2.50. The number of nitrogen functional groups attached to an aromatic ring is 1. The van der Waals surface area contributed by atoms with Crippen molar-refractivity contribution in [1.82, 2.24) is 0 Å². The van der Waals surface area contributed by atoms with Gasteiger partial charge in [0.1, 0.15) is 63.5 Å². The number of nitro groups is 1. The Morgan fingerprint density at radius 1 is 0.388 bits per heavy atom. The highest BCUT2D eigenvalue weighted by atomic mass is 32.2. The van der Waals surface area contributed by atoms with E-state index in [-0.39, 0.29) is 23.5 Å². The van der Waals surface area contributed by atoms with Crippen molar-refractivity contribution < 1.29 is 106 Å². The number of non-ortho nitro benzene ring substituents is 1. The molecule has 35 nitrogen and oxygen atoms in total. The van der Waals surface area contributed by atoms with Crippen molar-refractivity contribution in [3.8, 4) is 11.5 Å². The Morgan fingerprint density at radius 2 is 0.825 bits per heavy atom. The predicted molar refractivity (Wildman–Crippen MR) is 267 cm³/mol. The first-order chi connectivity index (χ1) is 36.7. The maximum absolute atomic E-state index is 13.0. The van der Waals surface area contributed by atoms with Crippen LogP contribution in [0.3, 0.4) is 0 Å². The number of nitro benzene ring substituents is 1.